The van der Waals surface area contributed by atoms with Crippen LogP contribution in [-0.2, 0) is 6.42 Å². The van der Waals surface area contributed by atoms with Crippen molar-refractivity contribution in [1.82, 2.24) is 9.97 Å². The standard InChI is InChI=1S/C13H24N4O2/c1-4-6-10-11(14-5-2)16-9-17-12(10)15-7-13(3,19)8-18/h9,18-19H,4-8H2,1-3H3,(H2,14,15,16,17). The summed E-state index contributed by atoms with van der Waals surface area (Å²) in [6.07, 6.45) is 3.33. The zero-order chi connectivity index (χ0) is 14.3. The highest BCUT2D eigenvalue weighted by Gasteiger charge is 2.20. The third-order valence-electron chi connectivity index (χ3n) is 2.77. The van der Waals surface area contributed by atoms with Gasteiger partial charge in [0.05, 0.1) is 6.61 Å². The third kappa shape index (κ3) is 4.65. The van der Waals surface area contributed by atoms with Crippen LogP contribution in [0.5, 0.6) is 0 Å². The first-order valence-corrected chi connectivity index (χ1v) is 6.69. The molecule has 1 aromatic heterocycles. The number of rotatable bonds is 8. The maximum atomic E-state index is 9.81. The van der Waals surface area contributed by atoms with Crippen LogP contribution in [-0.4, -0.2) is 45.5 Å². The number of aliphatic hydroxyl groups is 2. The van der Waals surface area contributed by atoms with Crippen LogP contribution in [0.15, 0.2) is 6.33 Å². The van der Waals surface area contributed by atoms with Crippen molar-refractivity contribution in [2.24, 2.45) is 0 Å². The predicted molar refractivity (Wildman–Crippen MR) is 76.4 cm³/mol. The van der Waals surface area contributed by atoms with Gasteiger partial charge in [0.25, 0.3) is 0 Å². The lowest BCUT2D eigenvalue weighted by atomic mass is 10.1. The van der Waals surface area contributed by atoms with E-state index in [9.17, 15) is 5.11 Å². The van der Waals surface area contributed by atoms with Gasteiger partial charge in [-0.15, -0.1) is 0 Å². The Morgan fingerprint density at radius 3 is 2.37 bits per heavy atom. The number of nitrogens with zero attached hydrogens (tertiary/aromatic N) is 2. The highest BCUT2D eigenvalue weighted by Crippen LogP contribution is 2.22. The molecule has 0 radical (unpaired) electrons. The molecule has 1 unspecified atom stereocenters. The topological polar surface area (TPSA) is 90.3 Å². The van der Waals surface area contributed by atoms with E-state index in [1.54, 1.807) is 6.92 Å². The average Bonchev–Trinajstić information content (AvgIpc) is 2.40. The molecule has 0 aliphatic heterocycles. The number of anilines is 2. The van der Waals surface area contributed by atoms with Crippen molar-refractivity contribution in [2.75, 3.05) is 30.3 Å². The second-order valence-corrected chi connectivity index (χ2v) is 4.84. The molecule has 0 saturated carbocycles. The van der Waals surface area contributed by atoms with Gasteiger partial charge in [-0.3, -0.25) is 0 Å². The Morgan fingerprint density at radius 2 is 1.84 bits per heavy atom. The Balaban J connectivity index is 2.89. The first-order valence-electron chi connectivity index (χ1n) is 6.69. The fraction of sp³-hybridized carbons (Fsp3) is 0.692. The molecule has 0 bridgehead atoms. The Bertz CT molecular complexity index is 396. The van der Waals surface area contributed by atoms with Gasteiger partial charge in [0, 0.05) is 18.7 Å². The first-order chi connectivity index (χ1) is 9.04. The van der Waals surface area contributed by atoms with Crippen molar-refractivity contribution < 1.29 is 10.2 Å². The summed E-state index contributed by atoms with van der Waals surface area (Å²) < 4.78 is 0. The van der Waals surface area contributed by atoms with Gasteiger partial charge in [-0.05, 0) is 20.3 Å². The van der Waals surface area contributed by atoms with Crippen molar-refractivity contribution in [1.29, 1.82) is 0 Å². The van der Waals surface area contributed by atoms with E-state index in [4.69, 9.17) is 5.11 Å². The highest BCUT2D eigenvalue weighted by atomic mass is 16.3. The average molecular weight is 268 g/mol. The minimum Gasteiger partial charge on any atom is -0.393 e. The smallest absolute Gasteiger partial charge is 0.134 e. The van der Waals surface area contributed by atoms with E-state index in [2.05, 4.69) is 27.5 Å². The lowest BCUT2D eigenvalue weighted by Crippen LogP contribution is -2.37. The molecule has 6 heteroatoms. The molecule has 1 aromatic rings. The van der Waals surface area contributed by atoms with Crippen LogP contribution >= 0.6 is 0 Å². The Kier molecular flexibility index (Phi) is 5.98. The molecular weight excluding hydrogens is 244 g/mol. The second kappa shape index (κ2) is 7.25. The fourth-order valence-corrected chi connectivity index (χ4v) is 1.70. The summed E-state index contributed by atoms with van der Waals surface area (Å²) in [7, 11) is 0. The third-order valence-corrected chi connectivity index (χ3v) is 2.77. The van der Waals surface area contributed by atoms with Crippen LogP contribution in [0.25, 0.3) is 0 Å². The van der Waals surface area contributed by atoms with Gasteiger partial charge in [0.15, 0.2) is 0 Å². The Morgan fingerprint density at radius 1 is 1.21 bits per heavy atom. The molecule has 0 aliphatic carbocycles. The SMILES string of the molecule is CCCc1c(NCC)ncnc1NCC(C)(O)CO. The molecule has 0 saturated heterocycles. The van der Waals surface area contributed by atoms with Crippen molar-refractivity contribution in [3.63, 3.8) is 0 Å². The molecule has 0 fully saturated rings. The van der Waals surface area contributed by atoms with Crippen molar-refractivity contribution in [3.8, 4) is 0 Å². The van der Waals surface area contributed by atoms with Gasteiger partial charge in [-0.25, -0.2) is 9.97 Å². The zero-order valence-corrected chi connectivity index (χ0v) is 11.9. The van der Waals surface area contributed by atoms with E-state index < -0.39 is 5.60 Å². The minimum absolute atomic E-state index is 0.239. The number of hydrogen-bond acceptors (Lipinski definition) is 6. The van der Waals surface area contributed by atoms with Gasteiger partial charge >= 0.3 is 0 Å². The summed E-state index contributed by atoms with van der Waals surface area (Å²) in [4.78, 5) is 8.46. The van der Waals surface area contributed by atoms with Crippen LogP contribution in [0.4, 0.5) is 11.6 Å². The Hall–Kier alpha value is -1.40. The summed E-state index contributed by atoms with van der Waals surface area (Å²) in [6.45, 7) is 6.42. The predicted octanol–water partition coefficient (Wildman–Crippen LogP) is 1.02. The van der Waals surface area contributed by atoms with Crippen molar-refractivity contribution in [2.45, 2.75) is 39.2 Å². The van der Waals surface area contributed by atoms with Crippen LogP contribution in [0.2, 0.25) is 0 Å². The molecule has 0 spiro atoms. The Labute approximate surface area is 114 Å². The number of aliphatic hydroxyl groups excluding tert-OH is 1. The molecule has 4 N–H and O–H groups in total. The number of aromatic nitrogens is 2. The van der Waals surface area contributed by atoms with E-state index in [1.807, 2.05) is 6.92 Å². The molecule has 0 aromatic carbocycles. The summed E-state index contributed by atoms with van der Waals surface area (Å²) in [6, 6.07) is 0. The van der Waals surface area contributed by atoms with Crippen LogP contribution in [0, 0.1) is 0 Å². The van der Waals surface area contributed by atoms with E-state index in [0.29, 0.717) is 5.82 Å². The lowest BCUT2D eigenvalue weighted by molar-refractivity contribution is 0.0131. The molecule has 6 nitrogen and oxygen atoms in total. The van der Waals surface area contributed by atoms with Gasteiger partial charge in [0.2, 0.25) is 0 Å². The molecule has 0 amide bonds. The molecule has 1 atom stereocenters. The van der Waals surface area contributed by atoms with Crippen LogP contribution in [0.1, 0.15) is 32.8 Å². The van der Waals surface area contributed by atoms with Gasteiger partial charge in [-0.2, -0.15) is 0 Å². The monoisotopic (exact) mass is 268 g/mol. The maximum Gasteiger partial charge on any atom is 0.134 e. The van der Waals surface area contributed by atoms with Crippen LogP contribution in [0.3, 0.4) is 0 Å². The van der Waals surface area contributed by atoms with Gasteiger partial charge in [-0.1, -0.05) is 13.3 Å². The van der Waals surface area contributed by atoms with Gasteiger partial charge in [0.1, 0.15) is 23.6 Å². The summed E-state index contributed by atoms with van der Waals surface area (Å²) >= 11 is 0. The molecule has 19 heavy (non-hydrogen) atoms. The molecule has 108 valence electrons. The largest absolute Gasteiger partial charge is 0.393 e. The summed E-state index contributed by atoms with van der Waals surface area (Å²) in [5.41, 5.74) is -0.146. The second-order valence-electron chi connectivity index (χ2n) is 4.84. The van der Waals surface area contributed by atoms with Crippen molar-refractivity contribution >= 4 is 11.6 Å². The molecular formula is C13H24N4O2. The van der Waals surface area contributed by atoms with Gasteiger partial charge < -0.3 is 20.8 Å². The molecule has 1 heterocycles. The number of hydrogen-bond donors (Lipinski definition) is 4. The molecule has 1 rings (SSSR count). The van der Waals surface area contributed by atoms with E-state index in [0.717, 1.165) is 30.8 Å². The van der Waals surface area contributed by atoms with E-state index in [1.165, 1.54) is 6.33 Å². The van der Waals surface area contributed by atoms with Crippen LogP contribution < -0.4 is 10.6 Å². The normalized spacial score (nSPS) is 13.9. The molecule has 0 aliphatic rings. The number of nitrogens with one attached hydrogen (secondary N) is 2. The first kappa shape index (κ1) is 15.7. The summed E-state index contributed by atoms with van der Waals surface area (Å²) in [5, 5.41) is 25.2. The lowest BCUT2D eigenvalue weighted by Gasteiger charge is -2.22. The quantitative estimate of drug-likeness (QED) is 0.563. The fourth-order valence-electron chi connectivity index (χ4n) is 1.70. The van der Waals surface area contributed by atoms with E-state index in [-0.39, 0.29) is 13.2 Å². The zero-order valence-electron chi connectivity index (χ0n) is 11.9. The maximum absolute atomic E-state index is 9.81. The van der Waals surface area contributed by atoms with Crippen molar-refractivity contribution in [3.05, 3.63) is 11.9 Å². The summed E-state index contributed by atoms with van der Waals surface area (Å²) in [5.74, 6) is 1.53. The van der Waals surface area contributed by atoms with E-state index >= 15 is 0 Å². The highest BCUT2D eigenvalue weighted by molar-refractivity contribution is 5.57. The minimum atomic E-state index is -1.16.